The Morgan fingerprint density at radius 2 is 0.871 bits per heavy atom. The molecule has 39 heteroatoms. The minimum Gasteiger partial charge on any atom is -0.473 e. The van der Waals surface area contributed by atoms with Crippen molar-refractivity contribution in [3.05, 3.63) is 279 Å². The van der Waals surface area contributed by atoms with E-state index in [1.54, 1.807) is 67.0 Å². The second-order valence-electron chi connectivity index (χ2n) is 41.9. The third-order valence-corrected chi connectivity index (χ3v) is 32.0. The number of aryl methyl sites for hydroxylation is 2. The van der Waals surface area contributed by atoms with Crippen molar-refractivity contribution < 1.29 is 71.2 Å². The molecule has 4 amide bonds. The second kappa shape index (κ2) is 43.5. The number of nitrogen functional groups attached to an aromatic ring is 1. The van der Waals surface area contributed by atoms with E-state index in [9.17, 15) is 66.4 Å². The van der Waals surface area contributed by atoms with E-state index in [0.717, 1.165) is 110 Å². The maximum absolute atomic E-state index is 13.9. The topological polar surface area (TPSA) is 428 Å². The molecule has 6 aliphatic rings. The standard InChI is InChI=1S/C29H36N4O4S.C28H35N7O3S.C26H31N5O3S.C25H25F2N3O4S/c1-20-17-29(5,6)33(18-20)26-23(9-8-16-30-26)27(34)32-38(35,36)25-11-7-10-24(31-25)37-19-21-12-14-22(15-13-21)28(2,3)4;1-20-18-28(3,4)35(19-20)26-22(9-7-13-29-26)27(36)32-39(37,38)25-12-6-11-24(31-25)34-16-14-33(15-17-34)23-10-5-8-21(2)30-23;1-16-14-26(4,5)31(15-16)24-20(12-13-21(28-24)19-9-6-8-17(2)18(19)3)25(32)30-35(33,34)23-11-7-10-22(27)29-23;1-15-13-25(2,3)30(14-15)23-17(9-11-20(28-23)16-8-10-18(26)19(27)12-16)24(32)29-35(33,34)22-7-5-4-6-21(22)31/h7-16,20H,17-19H2,1-6H3,(H,32,34);5-13,20H,14-19H2,1-4H3,(H,32,36);6-13,16H,14-15H2,1-5H3,(H2,27,29)(H,30,32);4-5,7-12,15H,6,13-14H2,1-3H3,(H,29,32)/t;;16-;15-/m..00/s1. The summed E-state index contributed by atoms with van der Waals surface area (Å²) in [6, 6.07) is 49.7. The first-order valence-corrected chi connectivity index (χ1v) is 54.6. The largest absolute Gasteiger partial charge is 0.473 e. The Labute approximate surface area is 859 Å². The van der Waals surface area contributed by atoms with Crippen LogP contribution in [-0.2, 0) is 56.9 Å². The predicted octanol–water partition coefficient (Wildman–Crippen LogP) is 16.6. The first-order valence-electron chi connectivity index (χ1n) is 48.6. The SMILES string of the molecule is CC1CN(c2ncccc2C(=O)NS(=O)(=O)c2cccc(OCc3ccc(C(C)(C)C)cc3)n2)C(C)(C)C1.C[C@@H]1CN(c2nc(-c3ccc(F)c(F)c3)ccc2C(=O)NS(=O)(=O)C2=CC=CCC2=O)C(C)(C)C1.Cc1cccc(-c2ccc(C(=O)NS(=O)(=O)c3cccc(N)n3)c(N3C[C@@H](C)CC3(C)C)n2)c1C.Cc1cccc(N2CCN(c3cccc(S(=O)(=O)NC(=O)c4cccnc4N4CC(C)CC4(C)C)n3)CC2)n1. The molecule has 5 aliphatic heterocycles. The fourth-order valence-corrected chi connectivity index (χ4v) is 23.7. The summed E-state index contributed by atoms with van der Waals surface area (Å²) in [5.41, 5.74) is 12.9. The van der Waals surface area contributed by atoms with Crippen molar-refractivity contribution in [2.24, 2.45) is 23.7 Å². The summed E-state index contributed by atoms with van der Waals surface area (Å²) >= 11 is 0. The van der Waals surface area contributed by atoms with Gasteiger partial charge in [0.25, 0.3) is 63.7 Å². The number of ether oxygens (including phenoxy) is 1. The van der Waals surface area contributed by atoms with Crippen LogP contribution in [0, 0.1) is 56.1 Å². The number of aromatic nitrogens is 8. The number of benzene rings is 3. The lowest BCUT2D eigenvalue weighted by molar-refractivity contribution is -0.114. The van der Waals surface area contributed by atoms with Crippen LogP contribution in [0.4, 0.5) is 49.5 Å². The van der Waals surface area contributed by atoms with Crippen molar-refractivity contribution in [2.45, 2.75) is 206 Å². The number of hydrogen-bond donors (Lipinski definition) is 5. The molecule has 8 aromatic heterocycles. The van der Waals surface area contributed by atoms with Gasteiger partial charge in [-0.2, -0.15) is 30.2 Å². The first-order chi connectivity index (χ1) is 69.1. The number of nitrogens with two attached hydrogens (primary N) is 1. The Kier molecular flexibility index (Phi) is 32.2. The molecule has 5 fully saturated rings. The lowest BCUT2D eigenvalue weighted by Gasteiger charge is -2.36. The van der Waals surface area contributed by atoms with Gasteiger partial charge in [0.05, 0.1) is 33.6 Å². The van der Waals surface area contributed by atoms with Crippen molar-refractivity contribution in [2.75, 3.05) is 87.5 Å². The van der Waals surface area contributed by atoms with E-state index in [4.69, 9.17) is 15.5 Å². The summed E-state index contributed by atoms with van der Waals surface area (Å²) in [5, 5.41) is -0.814. The van der Waals surface area contributed by atoms with E-state index >= 15 is 0 Å². The summed E-state index contributed by atoms with van der Waals surface area (Å²) in [4.78, 5) is 112. The molecule has 13 heterocycles. The van der Waals surface area contributed by atoms with Crippen LogP contribution in [-0.4, -0.2) is 177 Å². The highest BCUT2D eigenvalue weighted by molar-refractivity contribution is 7.95. The monoisotopic (exact) mass is 2080 g/mol. The molecule has 1 aliphatic carbocycles. The van der Waals surface area contributed by atoms with E-state index in [-0.39, 0.29) is 95.8 Å². The highest BCUT2D eigenvalue weighted by Gasteiger charge is 2.45. The minimum absolute atomic E-state index is 0.0125. The zero-order chi connectivity index (χ0) is 107. The van der Waals surface area contributed by atoms with Gasteiger partial charge in [-0.3, -0.25) is 24.0 Å². The number of allylic oxidation sites excluding steroid dienone is 4. The lowest BCUT2D eigenvalue weighted by atomic mass is 9.87. The van der Waals surface area contributed by atoms with E-state index in [1.165, 1.54) is 72.3 Å². The Morgan fingerprint density at radius 3 is 1.33 bits per heavy atom. The number of sulfonamides is 4. The molecule has 0 saturated carbocycles. The van der Waals surface area contributed by atoms with Gasteiger partial charge in [-0.1, -0.05) is 127 Å². The molecular formula is C108H127F2N19O14S4. The molecule has 6 N–H and O–H groups in total. The maximum atomic E-state index is 13.9. The van der Waals surface area contributed by atoms with Gasteiger partial charge in [-0.05, 0) is 268 Å². The van der Waals surface area contributed by atoms with Crippen LogP contribution in [0.15, 0.2) is 233 Å². The number of amides is 4. The fourth-order valence-electron chi connectivity index (χ4n) is 19.8. The quantitative estimate of drug-likeness (QED) is 0.0397. The van der Waals surface area contributed by atoms with Gasteiger partial charge >= 0.3 is 0 Å². The molecule has 776 valence electrons. The molecular weight excluding hydrogens is 1950 g/mol. The lowest BCUT2D eigenvalue weighted by Crippen LogP contribution is -2.47. The molecule has 3 aromatic carbocycles. The molecule has 0 spiro atoms. The average molecular weight is 2080 g/mol. The number of nitrogens with one attached hydrogen (secondary N) is 4. The first kappa shape index (κ1) is 109. The summed E-state index contributed by atoms with van der Waals surface area (Å²) in [6.07, 6.45) is 10.9. The van der Waals surface area contributed by atoms with E-state index in [2.05, 4.69) is 171 Å². The third kappa shape index (κ3) is 25.6. The highest BCUT2D eigenvalue weighted by Crippen LogP contribution is 2.44. The zero-order valence-corrected chi connectivity index (χ0v) is 89.1. The molecule has 147 heavy (non-hydrogen) atoms. The van der Waals surface area contributed by atoms with Crippen molar-refractivity contribution >= 4 is 110 Å². The maximum Gasteiger partial charge on any atom is 0.281 e. The number of ketones is 1. The van der Waals surface area contributed by atoms with Gasteiger partial charge in [0.2, 0.25) is 5.88 Å². The summed E-state index contributed by atoms with van der Waals surface area (Å²) in [7, 11) is -17.1. The Morgan fingerprint density at radius 1 is 0.449 bits per heavy atom. The summed E-state index contributed by atoms with van der Waals surface area (Å²) < 4.78 is 146. The summed E-state index contributed by atoms with van der Waals surface area (Å²) in [6.45, 7) is 43.4. The summed E-state index contributed by atoms with van der Waals surface area (Å²) in [5.74, 6) is -0.972. The van der Waals surface area contributed by atoms with Crippen LogP contribution in [0.3, 0.4) is 0 Å². The van der Waals surface area contributed by atoms with Crippen molar-refractivity contribution in [3.8, 4) is 28.4 Å². The smallest absolute Gasteiger partial charge is 0.281 e. The molecule has 4 atom stereocenters. The molecule has 5 saturated heterocycles. The number of hydrogen-bond acceptors (Lipinski definition) is 29. The number of carbonyl (C=O) groups is 5. The number of rotatable bonds is 23. The molecule has 11 aromatic rings. The highest BCUT2D eigenvalue weighted by atomic mass is 32.2. The van der Waals surface area contributed by atoms with Crippen LogP contribution in [0.1, 0.15) is 205 Å². The van der Waals surface area contributed by atoms with Crippen molar-refractivity contribution in [1.82, 2.24) is 58.8 Å². The number of halogens is 2. The third-order valence-electron chi connectivity index (χ3n) is 26.9. The number of pyridine rings is 8. The minimum atomic E-state index is -4.41. The molecule has 0 radical (unpaired) electrons. The van der Waals surface area contributed by atoms with Gasteiger partial charge in [-0.25, -0.2) is 71.0 Å². The number of piperazine rings is 1. The Balaban J connectivity index is 0.000000155. The predicted molar refractivity (Wildman–Crippen MR) is 565 cm³/mol. The number of nitrogens with zero attached hydrogens (tertiary/aromatic N) is 14. The zero-order valence-electron chi connectivity index (χ0n) is 85.9. The molecule has 33 nitrogen and oxygen atoms in total. The van der Waals surface area contributed by atoms with E-state index in [1.807, 2.05) is 97.7 Å². The van der Waals surface area contributed by atoms with Crippen molar-refractivity contribution in [3.63, 3.8) is 0 Å². The number of Topliss-reactive ketones (excluding diaryl/α,β-unsaturated/α-hetero) is 1. The number of anilines is 7. The molecule has 17 rings (SSSR count). The van der Waals surface area contributed by atoms with Crippen LogP contribution < -0.4 is 58.8 Å². The van der Waals surface area contributed by atoms with Crippen LogP contribution in [0.2, 0.25) is 0 Å². The Hall–Kier alpha value is -14.1. The van der Waals surface area contributed by atoms with Crippen molar-refractivity contribution in [1.29, 1.82) is 0 Å². The second-order valence-corrected chi connectivity index (χ2v) is 48.4. The van der Waals surface area contributed by atoms with Gasteiger partial charge in [0, 0.05) is 116 Å². The normalized spacial score (nSPS) is 18.4. The van der Waals surface area contributed by atoms with Gasteiger partial charge in [0.1, 0.15) is 52.2 Å². The van der Waals surface area contributed by atoms with Gasteiger partial charge < -0.3 is 39.9 Å². The van der Waals surface area contributed by atoms with Crippen LogP contribution in [0.25, 0.3) is 22.5 Å². The van der Waals surface area contributed by atoms with Crippen LogP contribution >= 0.6 is 0 Å². The molecule has 2 unspecified atom stereocenters. The average Bonchev–Trinajstić information content (AvgIpc) is 1.66. The number of carbonyl (C=O) groups excluding carboxylic acids is 5. The fraction of sp³-hybridized carbons (Fsp3) is 0.380. The molecule has 0 bridgehead atoms. The Bertz CT molecular complexity index is 7410. The van der Waals surface area contributed by atoms with E-state index < -0.39 is 91.6 Å². The van der Waals surface area contributed by atoms with Gasteiger partial charge in [0.15, 0.2) is 32.5 Å². The van der Waals surface area contributed by atoms with Crippen LogP contribution in [0.5, 0.6) is 5.88 Å². The van der Waals surface area contributed by atoms with E-state index in [0.29, 0.717) is 78.5 Å². The van der Waals surface area contributed by atoms with Gasteiger partial charge in [-0.15, -0.1) is 0 Å².